The maximum Gasteiger partial charge on any atom is 0.251 e. The number of halogens is 2. The van der Waals surface area contributed by atoms with Crippen LogP contribution in [0, 0.1) is 0 Å². The highest BCUT2D eigenvalue weighted by Crippen LogP contribution is 2.27. The molecule has 0 fully saturated rings. The van der Waals surface area contributed by atoms with Crippen LogP contribution in [-0.4, -0.2) is 44.1 Å². The molecule has 0 saturated heterocycles. The summed E-state index contributed by atoms with van der Waals surface area (Å²) >= 11 is 5.98. The van der Waals surface area contributed by atoms with Gasteiger partial charge in [-0.3, -0.25) is 9.59 Å². The molecule has 3 aromatic carbocycles. The van der Waals surface area contributed by atoms with E-state index in [0.717, 1.165) is 22.0 Å². The van der Waals surface area contributed by atoms with Crippen LogP contribution in [0.15, 0.2) is 71.3 Å². The van der Waals surface area contributed by atoms with Crippen molar-refractivity contribution in [1.82, 2.24) is 15.6 Å². The third-order valence-corrected chi connectivity index (χ3v) is 6.22. The van der Waals surface area contributed by atoms with Crippen molar-refractivity contribution in [3.8, 4) is 11.3 Å². The van der Waals surface area contributed by atoms with Gasteiger partial charge in [0.2, 0.25) is 5.89 Å². The van der Waals surface area contributed by atoms with Gasteiger partial charge < -0.3 is 20.0 Å². The van der Waals surface area contributed by atoms with Gasteiger partial charge in [-0.2, -0.15) is 0 Å². The van der Waals surface area contributed by atoms with Crippen LogP contribution in [0.1, 0.15) is 35.1 Å². The summed E-state index contributed by atoms with van der Waals surface area (Å²) in [6, 6.07) is 18.2. The lowest BCUT2D eigenvalue weighted by Crippen LogP contribution is -2.30. The van der Waals surface area contributed by atoms with Crippen LogP contribution >= 0.6 is 11.6 Å². The number of hydrogen-bond acceptors (Lipinski definition) is 5. The Balaban J connectivity index is 1.53. The molecule has 1 unspecified atom stereocenters. The highest BCUT2D eigenvalue weighted by molar-refractivity contribution is 6.30. The number of anilines is 1. The molecular weight excluding hydrogens is 495 g/mol. The minimum atomic E-state index is -1.07. The molecule has 1 heterocycles. The van der Waals surface area contributed by atoms with Gasteiger partial charge in [0.25, 0.3) is 11.8 Å². The van der Waals surface area contributed by atoms with Gasteiger partial charge >= 0.3 is 0 Å². The molecule has 2 N–H and O–H groups in total. The second-order valence-electron chi connectivity index (χ2n) is 8.86. The van der Waals surface area contributed by atoms with Crippen LogP contribution in [0.3, 0.4) is 0 Å². The van der Waals surface area contributed by atoms with Crippen LogP contribution in [0.2, 0.25) is 5.02 Å². The Morgan fingerprint density at radius 1 is 1.05 bits per heavy atom. The molecule has 37 heavy (non-hydrogen) atoms. The summed E-state index contributed by atoms with van der Waals surface area (Å²) in [5, 5.41) is 8.10. The Labute approximate surface area is 219 Å². The molecule has 7 nitrogen and oxygen atoms in total. The molecule has 9 heteroatoms. The molecule has 1 atom stereocenters. The largest absolute Gasteiger partial charge is 0.438 e. The molecule has 0 spiro atoms. The molecule has 0 bridgehead atoms. The number of hydrogen-bond donors (Lipinski definition) is 2. The van der Waals surface area contributed by atoms with E-state index in [0.29, 0.717) is 35.1 Å². The van der Waals surface area contributed by atoms with E-state index in [4.69, 9.17) is 16.0 Å². The molecule has 1 aromatic heterocycles. The summed E-state index contributed by atoms with van der Waals surface area (Å²) in [4.78, 5) is 30.9. The van der Waals surface area contributed by atoms with Crippen LogP contribution in [0.4, 0.5) is 10.1 Å². The Hall–Kier alpha value is -3.91. The van der Waals surface area contributed by atoms with Crippen molar-refractivity contribution in [1.29, 1.82) is 0 Å². The average Bonchev–Trinajstić information content (AvgIpc) is 3.40. The fourth-order valence-electron chi connectivity index (χ4n) is 3.93. The maximum atomic E-state index is 13.2. The summed E-state index contributed by atoms with van der Waals surface area (Å²) < 4.78 is 18.4. The van der Waals surface area contributed by atoms with Gasteiger partial charge in [-0.15, -0.1) is 0 Å². The molecule has 0 aliphatic rings. The number of carbonyl (C=O) groups excluding carboxylic acids is 2. The lowest BCUT2D eigenvalue weighted by Gasteiger charge is -2.17. The van der Waals surface area contributed by atoms with E-state index >= 15 is 0 Å². The number of amides is 2. The Bertz CT molecular complexity index is 1390. The number of aromatic nitrogens is 1. The molecule has 2 amide bonds. The molecule has 4 rings (SSSR count). The molecule has 192 valence electrons. The van der Waals surface area contributed by atoms with Gasteiger partial charge in [-0.25, -0.2) is 9.37 Å². The molecular formula is C28H28ClFN4O3. The minimum Gasteiger partial charge on any atom is -0.438 e. The lowest BCUT2D eigenvalue weighted by atomic mass is 10.0. The Kier molecular flexibility index (Phi) is 8.40. The number of oxazole rings is 1. The van der Waals surface area contributed by atoms with Gasteiger partial charge in [0.05, 0.1) is 6.20 Å². The van der Waals surface area contributed by atoms with E-state index in [1.54, 1.807) is 24.4 Å². The summed E-state index contributed by atoms with van der Waals surface area (Å²) in [5.41, 5.74) is 2.38. The topological polar surface area (TPSA) is 87.5 Å². The van der Waals surface area contributed by atoms with Crippen LogP contribution in [0.25, 0.3) is 22.1 Å². The number of nitrogens with zero attached hydrogens (tertiary/aromatic N) is 2. The van der Waals surface area contributed by atoms with Crippen molar-refractivity contribution in [2.45, 2.75) is 18.9 Å². The van der Waals surface area contributed by atoms with Crippen molar-refractivity contribution >= 4 is 39.9 Å². The standard InChI is InChI=1S/C28H28ClFN4O3/c1-34(2)23-12-9-19-14-21(6-5-20(19)15-23)27(36)33-24(4-3-13-31-26(35)16-30)28-32-17-25(37-28)18-7-10-22(29)11-8-18/h5-12,14-15,17,24H,3-4,13,16H2,1-2H3,(H,31,35)(H,33,36). The van der Waals surface area contributed by atoms with E-state index in [9.17, 15) is 14.0 Å². The number of carbonyl (C=O) groups is 2. The van der Waals surface area contributed by atoms with E-state index in [1.807, 2.05) is 55.4 Å². The van der Waals surface area contributed by atoms with Gasteiger partial charge in [-0.1, -0.05) is 23.7 Å². The van der Waals surface area contributed by atoms with E-state index in [1.165, 1.54) is 0 Å². The zero-order valence-electron chi connectivity index (χ0n) is 20.6. The zero-order valence-corrected chi connectivity index (χ0v) is 21.4. The maximum absolute atomic E-state index is 13.2. The van der Waals surface area contributed by atoms with Crippen molar-refractivity contribution in [3.63, 3.8) is 0 Å². The number of rotatable bonds is 10. The van der Waals surface area contributed by atoms with Crippen LogP contribution in [-0.2, 0) is 4.79 Å². The molecule has 0 aliphatic carbocycles. The first-order valence-corrected chi connectivity index (χ1v) is 12.3. The van der Waals surface area contributed by atoms with Gasteiger partial charge in [0.1, 0.15) is 6.04 Å². The Morgan fingerprint density at radius 3 is 2.51 bits per heavy atom. The summed E-state index contributed by atoms with van der Waals surface area (Å²) in [6.45, 7) is -0.799. The smallest absolute Gasteiger partial charge is 0.251 e. The first-order valence-electron chi connectivity index (χ1n) is 11.9. The number of fused-ring (bicyclic) bond motifs is 1. The van der Waals surface area contributed by atoms with Crippen molar-refractivity contribution in [2.75, 3.05) is 32.2 Å². The summed E-state index contributed by atoms with van der Waals surface area (Å²) in [7, 11) is 3.96. The minimum absolute atomic E-state index is 0.268. The quantitative estimate of drug-likeness (QED) is 0.267. The first-order chi connectivity index (χ1) is 17.8. The highest BCUT2D eigenvalue weighted by Gasteiger charge is 2.21. The molecule has 0 aliphatic heterocycles. The van der Waals surface area contributed by atoms with E-state index in [-0.39, 0.29) is 12.5 Å². The van der Waals surface area contributed by atoms with Crippen LogP contribution < -0.4 is 15.5 Å². The third kappa shape index (κ3) is 6.65. The molecule has 0 radical (unpaired) electrons. The predicted octanol–water partition coefficient (Wildman–Crippen LogP) is 5.55. The number of alkyl halides is 1. The van der Waals surface area contributed by atoms with Crippen LogP contribution in [0.5, 0.6) is 0 Å². The summed E-state index contributed by atoms with van der Waals surface area (Å²) in [5.74, 6) is -0.0662. The normalized spacial score (nSPS) is 11.8. The predicted molar refractivity (Wildman–Crippen MR) is 144 cm³/mol. The average molecular weight is 523 g/mol. The summed E-state index contributed by atoms with van der Waals surface area (Å²) in [6.07, 6.45) is 2.51. The Morgan fingerprint density at radius 2 is 1.78 bits per heavy atom. The van der Waals surface area contributed by atoms with Crippen molar-refractivity contribution in [2.24, 2.45) is 0 Å². The highest BCUT2D eigenvalue weighted by atomic mass is 35.5. The van der Waals surface area contributed by atoms with Crippen molar-refractivity contribution in [3.05, 3.63) is 83.3 Å². The lowest BCUT2D eigenvalue weighted by molar-refractivity contribution is -0.121. The number of benzene rings is 3. The van der Waals surface area contributed by atoms with E-state index in [2.05, 4.69) is 21.7 Å². The van der Waals surface area contributed by atoms with Gasteiger partial charge in [0, 0.05) is 42.5 Å². The van der Waals surface area contributed by atoms with Gasteiger partial charge in [-0.05, 0) is 72.1 Å². The SMILES string of the molecule is CN(C)c1ccc2cc(C(=O)NC(CCCNC(=O)CF)c3ncc(-c4ccc(Cl)cc4)o3)ccc2c1. The van der Waals surface area contributed by atoms with Crippen molar-refractivity contribution < 1.29 is 18.4 Å². The molecule has 4 aromatic rings. The van der Waals surface area contributed by atoms with E-state index < -0.39 is 18.6 Å². The fourth-order valence-corrected chi connectivity index (χ4v) is 4.06. The van der Waals surface area contributed by atoms with Gasteiger partial charge in [0.15, 0.2) is 12.4 Å². The number of nitrogens with one attached hydrogen (secondary N) is 2. The second kappa shape index (κ2) is 11.9. The monoisotopic (exact) mass is 522 g/mol. The zero-order chi connectivity index (χ0) is 26.4. The fraction of sp³-hybridized carbons (Fsp3) is 0.250. The second-order valence-corrected chi connectivity index (χ2v) is 9.30. The molecule has 0 saturated carbocycles. The third-order valence-electron chi connectivity index (χ3n) is 5.97. The first kappa shape index (κ1) is 26.2.